The molecule has 5 nitrogen and oxygen atoms in total. The zero-order chi connectivity index (χ0) is 31.6. The average Bonchev–Trinajstić information content (AvgIpc) is 3.04. The number of piperidine rings is 1. The summed E-state index contributed by atoms with van der Waals surface area (Å²) in [7, 11) is 1.68. The van der Waals surface area contributed by atoms with E-state index in [4.69, 9.17) is 9.73 Å². The van der Waals surface area contributed by atoms with Crippen LogP contribution in [-0.2, 0) is 17.7 Å². The fourth-order valence-corrected chi connectivity index (χ4v) is 5.91. The fraction of sp³-hybridized carbons (Fsp3) is 0.447. The third-order valence-corrected chi connectivity index (χ3v) is 9.05. The Kier molecular flexibility index (Phi) is 12.0. The maximum Gasteiger partial charge on any atom is 0.102 e. The van der Waals surface area contributed by atoms with E-state index in [1.54, 1.807) is 7.11 Å². The Morgan fingerprint density at radius 1 is 1.16 bits per heavy atom. The Morgan fingerprint density at radius 2 is 1.93 bits per heavy atom. The van der Waals surface area contributed by atoms with Gasteiger partial charge >= 0.3 is 0 Å². The first-order valence-corrected chi connectivity index (χ1v) is 16.1. The van der Waals surface area contributed by atoms with E-state index in [1.807, 2.05) is 25.2 Å². The Balaban J connectivity index is 1.60. The van der Waals surface area contributed by atoms with E-state index in [9.17, 15) is 4.39 Å². The van der Waals surface area contributed by atoms with E-state index in [0.29, 0.717) is 18.5 Å². The van der Waals surface area contributed by atoms with Gasteiger partial charge in [0.2, 0.25) is 0 Å². The SMILES string of the molecule is C=C/C(=C\C=C(C)OC)c1cc(C)c(N=CC(C)CC)c(C(=C)N2CCc3ccc(NC4CCN(CCF)CC4)cc3C2)c1. The highest BCUT2D eigenvalue weighted by molar-refractivity contribution is 5.84. The van der Waals surface area contributed by atoms with Crippen LogP contribution in [0.3, 0.4) is 0 Å². The molecule has 0 aliphatic carbocycles. The van der Waals surface area contributed by atoms with E-state index in [-0.39, 0.29) is 6.67 Å². The zero-order valence-electron chi connectivity index (χ0n) is 27.5. The van der Waals surface area contributed by atoms with Crippen molar-refractivity contribution >= 4 is 28.9 Å². The van der Waals surface area contributed by atoms with Gasteiger partial charge in [0.15, 0.2) is 0 Å². The molecule has 6 heteroatoms. The van der Waals surface area contributed by atoms with Crippen LogP contribution in [0.4, 0.5) is 15.8 Å². The maximum absolute atomic E-state index is 12.8. The summed E-state index contributed by atoms with van der Waals surface area (Å²) >= 11 is 0. The van der Waals surface area contributed by atoms with Crippen molar-refractivity contribution < 1.29 is 9.13 Å². The summed E-state index contributed by atoms with van der Waals surface area (Å²) in [4.78, 5) is 9.64. The number of aryl methyl sites for hydroxylation is 1. The highest BCUT2D eigenvalue weighted by Gasteiger charge is 2.23. The largest absolute Gasteiger partial charge is 0.501 e. The summed E-state index contributed by atoms with van der Waals surface area (Å²) < 4.78 is 18.1. The smallest absolute Gasteiger partial charge is 0.102 e. The molecule has 2 aliphatic heterocycles. The van der Waals surface area contributed by atoms with Crippen molar-refractivity contribution in [2.75, 3.05) is 45.3 Å². The highest BCUT2D eigenvalue weighted by Crippen LogP contribution is 2.37. The zero-order valence-corrected chi connectivity index (χ0v) is 27.5. The number of likely N-dealkylation sites (tertiary alicyclic amines) is 1. The topological polar surface area (TPSA) is 40.1 Å². The lowest BCUT2D eigenvalue weighted by atomic mass is 9.94. The molecule has 236 valence electrons. The Hall–Kier alpha value is -3.64. The van der Waals surface area contributed by atoms with Gasteiger partial charge in [-0.05, 0) is 104 Å². The van der Waals surface area contributed by atoms with Gasteiger partial charge in [0, 0.05) is 61.9 Å². The van der Waals surface area contributed by atoms with E-state index < -0.39 is 0 Å². The molecule has 1 saturated heterocycles. The molecule has 1 fully saturated rings. The van der Waals surface area contributed by atoms with Crippen LogP contribution < -0.4 is 5.32 Å². The second-order valence-corrected chi connectivity index (χ2v) is 12.2. The Labute approximate surface area is 264 Å². The van der Waals surface area contributed by atoms with Crippen LogP contribution in [-0.4, -0.2) is 62.0 Å². The van der Waals surface area contributed by atoms with Gasteiger partial charge in [-0.1, -0.05) is 45.2 Å². The monoisotopic (exact) mass is 598 g/mol. The molecule has 0 spiro atoms. The third kappa shape index (κ3) is 8.50. The summed E-state index contributed by atoms with van der Waals surface area (Å²) in [5.74, 6) is 1.23. The quantitative estimate of drug-likeness (QED) is 0.142. The van der Waals surface area contributed by atoms with E-state index >= 15 is 0 Å². The van der Waals surface area contributed by atoms with E-state index in [2.05, 4.69) is 85.6 Å². The first-order valence-electron chi connectivity index (χ1n) is 16.1. The minimum atomic E-state index is -0.266. The molecule has 0 bridgehead atoms. The molecule has 2 aromatic rings. The number of alkyl halides is 1. The van der Waals surface area contributed by atoms with Crippen LogP contribution in [0.15, 0.2) is 72.5 Å². The van der Waals surface area contributed by atoms with Crippen molar-refractivity contribution in [3.8, 4) is 0 Å². The summed E-state index contributed by atoms with van der Waals surface area (Å²) in [5.41, 5.74) is 10.1. The third-order valence-electron chi connectivity index (χ3n) is 9.05. The molecule has 1 atom stereocenters. The molecule has 2 aliphatic rings. The number of nitrogens with one attached hydrogen (secondary N) is 1. The number of halogens is 1. The van der Waals surface area contributed by atoms with Gasteiger partial charge in [0.25, 0.3) is 0 Å². The Morgan fingerprint density at radius 3 is 2.61 bits per heavy atom. The summed E-state index contributed by atoms with van der Waals surface area (Å²) in [6.07, 6.45) is 12.1. The standard InChI is InChI=1S/C38H51FN4O/c1-8-27(3)25-40-38-28(4)22-33(31(9-2)11-10-29(5)44-7)24-37(38)30(6)43-20-14-32-12-13-36(23-34(32)26-43)41-35-15-18-42(19-16-35)21-17-39/h9-13,22-25,27,35,41H,2,6,8,14-21,26H2,1,3-5,7H3/b29-10?,31-11+,40-25?. The highest BCUT2D eigenvalue weighted by atomic mass is 19.1. The fourth-order valence-electron chi connectivity index (χ4n) is 5.91. The number of nitrogens with zero attached hydrogens (tertiary/aromatic N) is 3. The van der Waals surface area contributed by atoms with E-state index in [1.165, 1.54) is 11.1 Å². The first kappa shape index (κ1) is 33.3. The number of ether oxygens (including phenoxy) is 1. The van der Waals surface area contributed by atoms with Gasteiger partial charge in [0.05, 0.1) is 18.6 Å². The summed E-state index contributed by atoms with van der Waals surface area (Å²) in [5, 5.41) is 3.76. The molecule has 2 aromatic carbocycles. The molecule has 4 rings (SSSR count). The number of anilines is 1. The molecular weight excluding hydrogens is 547 g/mol. The molecule has 1 unspecified atom stereocenters. The first-order chi connectivity index (χ1) is 21.3. The summed E-state index contributed by atoms with van der Waals surface area (Å²) in [6.45, 7) is 21.1. The molecule has 1 N–H and O–H groups in total. The van der Waals surface area contributed by atoms with Crippen LogP contribution in [0.1, 0.15) is 67.9 Å². The van der Waals surface area contributed by atoms with Crippen molar-refractivity contribution in [3.05, 3.63) is 95.3 Å². The van der Waals surface area contributed by atoms with Gasteiger partial charge < -0.3 is 19.9 Å². The lowest BCUT2D eigenvalue weighted by molar-refractivity contribution is 0.203. The van der Waals surface area contributed by atoms with Gasteiger partial charge in [-0.2, -0.15) is 0 Å². The van der Waals surface area contributed by atoms with Crippen LogP contribution in [0.25, 0.3) is 11.3 Å². The number of rotatable bonds is 13. The van der Waals surface area contributed by atoms with Crippen LogP contribution >= 0.6 is 0 Å². The molecule has 2 heterocycles. The van der Waals surface area contributed by atoms with Crippen LogP contribution in [0.5, 0.6) is 0 Å². The molecule has 0 saturated carbocycles. The van der Waals surface area contributed by atoms with E-state index in [0.717, 1.165) is 97.0 Å². The van der Waals surface area contributed by atoms with Gasteiger partial charge in [0.1, 0.15) is 6.67 Å². The van der Waals surface area contributed by atoms with Crippen LogP contribution in [0.2, 0.25) is 0 Å². The van der Waals surface area contributed by atoms with Crippen LogP contribution in [0, 0.1) is 12.8 Å². The van der Waals surface area contributed by atoms with Crippen molar-refractivity contribution in [1.29, 1.82) is 0 Å². The number of methoxy groups -OCH3 is 1. The number of benzene rings is 2. The molecule has 0 radical (unpaired) electrons. The molecule has 0 aromatic heterocycles. The molecular formula is C38H51FN4O. The second kappa shape index (κ2) is 15.9. The molecule has 44 heavy (non-hydrogen) atoms. The molecule has 0 amide bonds. The lowest BCUT2D eigenvalue weighted by Gasteiger charge is -2.34. The number of allylic oxidation sites excluding steroid dienone is 5. The second-order valence-electron chi connectivity index (χ2n) is 12.2. The number of aliphatic imine (C=N–C) groups is 1. The summed E-state index contributed by atoms with van der Waals surface area (Å²) in [6, 6.07) is 11.6. The van der Waals surface area contributed by atoms with Crippen molar-refractivity contribution in [2.24, 2.45) is 10.9 Å². The Bertz CT molecular complexity index is 1400. The predicted octanol–water partition coefficient (Wildman–Crippen LogP) is 8.74. The minimum Gasteiger partial charge on any atom is -0.501 e. The van der Waals surface area contributed by atoms with Gasteiger partial charge in [-0.3, -0.25) is 4.99 Å². The van der Waals surface area contributed by atoms with Gasteiger partial charge in [-0.15, -0.1) is 0 Å². The number of hydrogen-bond donors (Lipinski definition) is 1. The van der Waals surface area contributed by atoms with Crippen molar-refractivity contribution in [2.45, 2.75) is 66.0 Å². The van der Waals surface area contributed by atoms with Crippen molar-refractivity contribution in [3.63, 3.8) is 0 Å². The number of hydrogen-bond acceptors (Lipinski definition) is 5. The lowest BCUT2D eigenvalue weighted by Crippen LogP contribution is -2.40. The normalized spacial score (nSPS) is 17.5. The maximum atomic E-state index is 12.8. The van der Waals surface area contributed by atoms with Crippen molar-refractivity contribution in [1.82, 2.24) is 9.80 Å². The minimum absolute atomic E-state index is 0.266. The predicted molar refractivity (Wildman–Crippen MR) is 186 cm³/mol. The average molecular weight is 599 g/mol. The van der Waals surface area contributed by atoms with Gasteiger partial charge in [-0.25, -0.2) is 4.39 Å². The number of fused-ring (bicyclic) bond motifs is 1.